The summed E-state index contributed by atoms with van der Waals surface area (Å²) >= 11 is 0. The first-order valence-corrected chi connectivity index (χ1v) is 11.2. The molecule has 1 fully saturated rings. The van der Waals surface area contributed by atoms with E-state index in [2.05, 4.69) is 10.2 Å². The molecule has 0 aliphatic carbocycles. The number of amides is 1. The molecule has 2 aromatic rings. The van der Waals surface area contributed by atoms with Crippen LogP contribution in [0.1, 0.15) is 16.7 Å². The van der Waals surface area contributed by atoms with Gasteiger partial charge in [0.15, 0.2) is 11.5 Å². The Labute approximate surface area is 196 Å². The van der Waals surface area contributed by atoms with Crippen LogP contribution in [-0.2, 0) is 28.8 Å². The standard InChI is InChI=1S/C24H28F3N3O4/c25-24(26,27)20-3-1-2-18(12-20)14-28-23(31)16-30(7-6-29-8-10-32-11-9-29)15-19-4-5-21-22(13-19)34-17-33-21/h1-5,12-13H,6-11,14-17H2,(H,28,31). The van der Waals surface area contributed by atoms with E-state index in [1.165, 1.54) is 6.07 Å². The number of alkyl halides is 3. The summed E-state index contributed by atoms with van der Waals surface area (Å²) in [6, 6.07) is 10.7. The van der Waals surface area contributed by atoms with E-state index >= 15 is 0 Å². The fraction of sp³-hybridized carbons (Fsp3) is 0.458. The average molecular weight is 479 g/mol. The molecule has 184 valence electrons. The fourth-order valence-corrected chi connectivity index (χ4v) is 3.94. The van der Waals surface area contributed by atoms with Gasteiger partial charge in [-0.1, -0.05) is 18.2 Å². The molecule has 34 heavy (non-hydrogen) atoms. The summed E-state index contributed by atoms with van der Waals surface area (Å²) in [5, 5.41) is 2.75. The Morgan fingerprint density at radius 1 is 1.03 bits per heavy atom. The van der Waals surface area contributed by atoms with Gasteiger partial charge in [0.05, 0.1) is 25.3 Å². The molecule has 0 bridgehead atoms. The van der Waals surface area contributed by atoms with Crippen molar-refractivity contribution in [3.05, 3.63) is 59.2 Å². The number of rotatable bonds is 9. The number of hydrogen-bond donors (Lipinski definition) is 1. The number of ether oxygens (including phenoxy) is 3. The number of halogens is 3. The molecular formula is C24H28F3N3O4. The Morgan fingerprint density at radius 3 is 2.62 bits per heavy atom. The van der Waals surface area contributed by atoms with Crippen molar-refractivity contribution in [1.29, 1.82) is 0 Å². The van der Waals surface area contributed by atoms with Crippen LogP contribution in [0.3, 0.4) is 0 Å². The van der Waals surface area contributed by atoms with Crippen LogP contribution in [0, 0.1) is 0 Å². The zero-order chi connectivity index (χ0) is 24.0. The highest BCUT2D eigenvalue weighted by molar-refractivity contribution is 5.78. The minimum absolute atomic E-state index is 0.0318. The second-order valence-electron chi connectivity index (χ2n) is 8.33. The molecule has 0 atom stereocenters. The highest BCUT2D eigenvalue weighted by Crippen LogP contribution is 2.33. The lowest BCUT2D eigenvalue weighted by molar-refractivity contribution is -0.137. The zero-order valence-electron chi connectivity index (χ0n) is 18.8. The Balaban J connectivity index is 1.36. The number of morpholine rings is 1. The molecule has 1 amide bonds. The van der Waals surface area contributed by atoms with Gasteiger partial charge >= 0.3 is 6.18 Å². The quantitative estimate of drug-likeness (QED) is 0.597. The summed E-state index contributed by atoms with van der Waals surface area (Å²) in [5.41, 5.74) is 0.657. The second-order valence-corrected chi connectivity index (χ2v) is 8.33. The van der Waals surface area contributed by atoms with Crippen LogP contribution in [0.4, 0.5) is 13.2 Å². The summed E-state index contributed by atoms with van der Waals surface area (Å²) in [7, 11) is 0. The van der Waals surface area contributed by atoms with E-state index < -0.39 is 11.7 Å². The van der Waals surface area contributed by atoms with Crippen LogP contribution >= 0.6 is 0 Å². The molecule has 0 spiro atoms. The van der Waals surface area contributed by atoms with Gasteiger partial charge in [0.25, 0.3) is 0 Å². The summed E-state index contributed by atoms with van der Waals surface area (Å²) < 4.78 is 55.1. The van der Waals surface area contributed by atoms with Crippen molar-refractivity contribution in [3.63, 3.8) is 0 Å². The van der Waals surface area contributed by atoms with E-state index in [4.69, 9.17) is 14.2 Å². The number of nitrogens with one attached hydrogen (secondary N) is 1. The first-order chi connectivity index (χ1) is 16.4. The minimum atomic E-state index is -4.42. The van der Waals surface area contributed by atoms with E-state index in [9.17, 15) is 18.0 Å². The highest BCUT2D eigenvalue weighted by atomic mass is 19.4. The van der Waals surface area contributed by atoms with Crippen LogP contribution < -0.4 is 14.8 Å². The predicted molar refractivity (Wildman–Crippen MR) is 118 cm³/mol. The van der Waals surface area contributed by atoms with E-state index in [1.54, 1.807) is 6.07 Å². The van der Waals surface area contributed by atoms with E-state index in [1.807, 2.05) is 23.1 Å². The molecular weight excluding hydrogens is 451 g/mol. The molecule has 2 aliphatic heterocycles. The van der Waals surface area contributed by atoms with E-state index in [-0.39, 0.29) is 25.8 Å². The molecule has 2 aliphatic rings. The third kappa shape index (κ3) is 6.85. The van der Waals surface area contributed by atoms with Gasteiger partial charge in [0, 0.05) is 39.3 Å². The minimum Gasteiger partial charge on any atom is -0.454 e. The first kappa shape index (κ1) is 24.3. The molecule has 1 N–H and O–H groups in total. The molecule has 0 aromatic heterocycles. The lowest BCUT2D eigenvalue weighted by atomic mass is 10.1. The van der Waals surface area contributed by atoms with Crippen molar-refractivity contribution in [3.8, 4) is 11.5 Å². The largest absolute Gasteiger partial charge is 0.454 e. The molecule has 7 nitrogen and oxygen atoms in total. The number of carbonyl (C=O) groups is 1. The van der Waals surface area contributed by atoms with Gasteiger partial charge in [-0.05, 0) is 35.4 Å². The van der Waals surface area contributed by atoms with Crippen LogP contribution in [0.2, 0.25) is 0 Å². The monoisotopic (exact) mass is 479 g/mol. The van der Waals surface area contributed by atoms with Crippen LogP contribution in [0.15, 0.2) is 42.5 Å². The molecule has 2 heterocycles. The Kier molecular flexibility index (Phi) is 7.91. The molecule has 0 unspecified atom stereocenters. The fourth-order valence-electron chi connectivity index (χ4n) is 3.94. The lowest BCUT2D eigenvalue weighted by Gasteiger charge is -2.30. The topological polar surface area (TPSA) is 63.3 Å². The summed E-state index contributed by atoms with van der Waals surface area (Å²) in [5.74, 6) is 1.13. The van der Waals surface area contributed by atoms with Crippen LogP contribution in [-0.4, -0.2) is 68.4 Å². The summed E-state index contributed by atoms with van der Waals surface area (Å²) in [6.07, 6.45) is -4.42. The highest BCUT2D eigenvalue weighted by Gasteiger charge is 2.30. The maximum atomic E-state index is 12.9. The molecule has 0 saturated carbocycles. The van der Waals surface area contributed by atoms with Gasteiger partial charge in [-0.15, -0.1) is 0 Å². The number of carbonyl (C=O) groups excluding carboxylic acids is 1. The molecule has 0 radical (unpaired) electrons. The maximum absolute atomic E-state index is 12.9. The zero-order valence-corrected chi connectivity index (χ0v) is 18.8. The normalized spacial score (nSPS) is 16.1. The van der Waals surface area contributed by atoms with Crippen molar-refractivity contribution in [2.75, 3.05) is 52.7 Å². The van der Waals surface area contributed by atoms with E-state index in [0.717, 1.165) is 37.3 Å². The number of fused-ring (bicyclic) bond motifs is 1. The van der Waals surface area contributed by atoms with Crippen LogP contribution in [0.25, 0.3) is 0 Å². The smallest absolute Gasteiger partial charge is 0.416 e. The number of hydrogen-bond acceptors (Lipinski definition) is 6. The summed E-state index contributed by atoms with van der Waals surface area (Å²) in [4.78, 5) is 17.0. The van der Waals surface area contributed by atoms with Gasteiger partial charge < -0.3 is 19.5 Å². The van der Waals surface area contributed by atoms with Gasteiger partial charge in [-0.25, -0.2) is 0 Å². The van der Waals surface area contributed by atoms with Crippen molar-refractivity contribution in [1.82, 2.24) is 15.1 Å². The van der Waals surface area contributed by atoms with Crippen LogP contribution in [0.5, 0.6) is 11.5 Å². The third-order valence-electron chi connectivity index (χ3n) is 5.79. The molecule has 10 heteroatoms. The van der Waals surface area contributed by atoms with Crippen molar-refractivity contribution in [2.24, 2.45) is 0 Å². The molecule has 4 rings (SSSR count). The van der Waals surface area contributed by atoms with Gasteiger partial charge in [-0.2, -0.15) is 13.2 Å². The predicted octanol–water partition coefficient (Wildman–Crippen LogP) is 2.88. The molecule has 2 aromatic carbocycles. The van der Waals surface area contributed by atoms with Gasteiger partial charge in [0.1, 0.15) is 0 Å². The second kappa shape index (κ2) is 11.1. The number of benzene rings is 2. The Bertz CT molecular complexity index is 980. The van der Waals surface area contributed by atoms with Crippen molar-refractivity contribution >= 4 is 5.91 Å². The van der Waals surface area contributed by atoms with Gasteiger partial charge in [0.2, 0.25) is 12.7 Å². The van der Waals surface area contributed by atoms with Crippen molar-refractivity contribution in [2.45, 2.75) is 19.3 Å². The Hall–Kier alpha value is -2.82. The Morgan fingerprint density at radius 2 is 1.82 bits per heavy atom. The maximum Gasteiger partial charge on any atom is 0.416 e. The van der Waals surface area contributed by atoms with Gasteiger partial charge in [-0.3, -0.25) is 14.6 Å². The van der Waals surface area contributed by atoms with Crippen molar-refractivity contribution < 1.29 is 32.2 Å². The van der Waals surface area contributed by atoms with E-state index in [0.29, 0.717) is 43.4 Å². The average Bonchev–Trinajstić information content (AvgIpc) is 3.29. The summed E-state index contributed by atoms with van der Waals surface area (Å²) in [6.45, 7) is 5.40. The first-order valence-electron chi connectivity index (χ1n) is 11.2. The number of nitrogens with zero attached hydrogens (tertiary/aromatic N) is 2. The molecule has 1 saturated heterocycles. The SMILES string of the molecule is O=C(CN(CCN1CCOCC1)Cc1ccc2c(c1)OCO2)NCc1cccc(C(F)(F)F)c1. The lowest BCUT2D eigenvalue weighted by Crippen LogP contribution is -2.43. The third-order valence-corrected chi connectivity index (χ3v) is 5.79.